The second-order valence-electron chi connectivity index (χ2n) is 4.11. The van der Waals surface area contributed by atoms with Crippen LogP contribution in [0.2, 0.25) is 0 Å². The molecule has 76 valence electrons. The highest BCUT2D eigenvalue weighted by Gasteiger charge is 2.19. The van der Waals surface area contributed by atoms with Crippen molar-refractivity contribution in [1.29, 1.82) is 0 Å². The van der Waals surface area contributed by atoms with Crippen LogP contribution in [0.15, 0.2) is 18.0 Å². The fourth-order valence-corrected chi connectivity index (χ4v) is 2.28. The molecule has 0 aliphatic heterocycles. The van der Waals surface area contributed by atoms with Gasteiger partial charge in [-0.3, -0.25) is 0 Å². The number of hydrogen-bond acceptors (Lipinski definition) is 1. The zero-order valence-electron chi connectivity index (χ0n) is 9.03. The van der Waals surface area contributed by atoms with Crippen LogP contribution >= 0.6 is 0 Å². The summed E-state index contributed by atoms with van der Waals surface area (Å²) in [4.78, 5) is 4.33. The van der Waals surface area contributed by atoms with Crippen LogP contribution in [0.1, 0.15) is 38.4 Å². The Morgan fingerprint density at radius 3 is 3.14 bits per heavy atom. The molecule has 1 fully saturated rings. The second-order valence-corrected chi connectivity index (χ2v) is 4.11. The van der Waals surface area contributed by atoms with E-state index in [2.05, 4.69) is 29.6 Å². The van der Waals surface area contributed by atoms with Crippen LogP contribution in [0, 0.1) is 5.92 Å². The first-order chi connectivity index (χ1) is 6.81. The lowest BCUT2D eigenvalue weighted by Gasteiger charge is -2.08. The van der Waals surface area contributed by atoms with Crippen molar-refractivity contribution in [1.82, 2.24) is 9.55 Å². The molecule has 0 aromatic carbocycles. The maximum absolute atomic E-state index is 4.33. The Morgan fingerprint density at radius 1 is 1.64 bits per heavy atom. The Kier molecular flexibility index (Phi) is 2.71. The first-order valence-electron chi connectivity index (χ1n) is 5.49. The summed E-state index contributed by atoms with van der Waals surface area (Å²) in [6.45, 7) is 2.28. The monoisotopic (exact) mass is 190 g/mol. The zero-order chi connectivity index (χ0) is 9.97. The van der Waals surface area contributed by atoms with Gasteiger partial charge in [-0.25, -0.2) is 4.98 Å². The van der Waals surface area contributed by atoms with Crippen LogP contribution in [0.5, 0.6) is 0 Å². The van der Waals surface area contributed by atoms with Crippen molar-refractivity contribution in [3.05, 3.63) is 23.8 Å². The quantitative estimate of drug-likeness (QED) is 0.701. The number of aromatic nitrogens is 2. The number of hydrogen-bond donors (Lipinski definition) is 0. The van der Waals surface area contributed by atoms with Crippen molar-refractivity contribution in [2.75, 3.05) is 0 Å². The Morgan fingerprint density at radius 2 is 2.50 bits per heavy atom. The fourth-order valence-electron chi connectivity index (χ4n) is 2.28. The number of rotatable bonds is 2. The molecule has 1 unspecified atom stereocenters. The van der Waals surface area contributed by atoms with Gasteiger partial charge in [0.25, 0.3) is 0 Å². The summed E-state index contributed by atoms with van der Waals surface area (Å²) in [5.74, 6) is 1.91. The lowest BCUT2D eigenvalue weighted by molar-refractivity contribution is 0.608. The van der Waals surface area contributed by atoms with Gasteiger partial charge in [0.2, 0.25) is 0 Å². The molecule has 1 saturated carbocycles. The highest BCUT2D eigenvalue weighted by molar-refractivity contribution is 5.47. The van der Waals surface area contributed by atoms with Gasteiger partial charge in [0.15, 0.2) is 0 Å². The minimum atomic E-state index is 0.812. The predicted octanol–water partition coefficient (Wildman–Crippen LogP) is 3.01. The van der Waals surface area contributed by atoms with E-state index >= 15 is 0 Å². The molecule has 0 radical (unpaired) electrons. The van der Waals surface area contributed by atoms with Crippen LogP contribution in [0.3, 0.4) is 0 Å². The first kappa shape index (κ1) is 9.50. The highest BCUT2D eigenvalue weighted by atomic mass is 15.0. The second kappa shape index (κ2) is 3.99. The molecule has 0 spiro atoms. The van der Waals surface area contributed by atoms with E-state index in [0.717, 1.165) is 11.7 Å². The molecule has 2 heteroatoms. The Bertz CT molecular complexity index is 336. The van der Waals surface area contributed by atoms with Crippen molar-refractivity contribution in [3.8, 4) is 0 Å². The lowest BCUT2D eigenvalue weighted by Crippen LogP contribution is -1.96. The minimum absolute atomic E-state index is 0.812. The van der Waals surface area contributed by atoms with E-state index in [-0.39, 0.29) is 0 Å². The third-order valence-corrected chi connectivity index (χ3v) is 3.21. The van der Waals surface area contributed by atoms with E-state index in [0.29, 0.717) is 0 Å². The van der Waals surface area contributed by atoms with Crippen LogP contribution in [0.4, 0.5) is 0 Å². The van der Waals surface area contributed by atoms with Crippen molar-refractivity contribution >= 4 is 6.08 Å². The Labute approximate surface area is 85.7 Å². The van der Waals surface area contributed by atoms with Gasteiger partial charge in [-0.2, -0.15) is 0 Å². The van der Waals surface area contributed by atoms with E-state index < -0.39 is 0 Å². The first-order valence-corrected chi connectivity index (χ1v) is 5.49. The lowest BCUT2D eigenvalue weighted by atomic mass is 10.00. The van der Waals surface area contributed by atoms with Crippen LogP contribution in [-0.4, -0.2) is 9.55 Å². The maximum atomic E-state index is 4.33. The van der Waals surface area contributed by atoms with Gasteiger partial charge in [0.05, 0.1) is 0 Å². The number of aryl methyl sites for hydroxylation is 1. The summed E-state index contributed by atoms with van der Waals surface area (Å²) in [5, 5.41) is 0. The van der Waals surface area contributed by atoms with Gasteiger partial charge in [-0.1, -0.05) is 12.5 Å². The summed E-state index contributed by atoms with van der Waals surface area (Å²) in [6, 6.07) is 0. The smallest absolute Gasteiger partial charge is 0.132 e. The largest absolute Gasteiger partial charge is 0.335 e. The molecule has 1 aliphatic rings. The molecule has 1 heterocycles. The zero-order valence-corrected chi connectivity index (χ0v) is 9.03. The van der Waals surface area contributed by atoms with E-state index in [1.807, 2.05) is 12.4 Å². The summed E-state index contributed by atoms with van der Waals surface area (Å²) < 4.78 is 2.08. The molecule has 1 aromatic rings. The van der Waals surface area contributed by atoms with Gasteiger partial charge in [-0.05, 0) is 37.7 Å². The molecule has 0 N–H and O–H groups in total. The Balaban J connectivity index is 2.21. The fraction of sp³-hybridized carbons (Fsp3) is 0.583. The van der Waals surface area contributed by atoms with Gasteiger partial charge in [0, 0.05) is 19.4 Å². The average molecular weight is 190 g/mol. The van der Waals surface area contributed by atoms with Crippen LogP contribution < -0.4 is 0 Å². The topological polar surface area (TPSA) is 17.8 Å². The molecule has 2 nitrogen and oxygen atoms in total. The van der Waals surface area contributed by atoms with E-state index in [1.165, 1.54) is 25.7 Å². The molecule has 1 atom stereocenters. The number of nitrogens with zero attached hydrogens (tertiary/aromatic N) is 2. The minimum Gasteiger partial charge on any atom is -0.335 e. The third kappa shape index (κ3) is 1.74. The molecule has 1 aromatic heterocycles. The maximum Gasteiger partial charge on any atom is 0.132 e. The molecule has 1 aliphatic carbocycles. The predicted molar refractivity (Wildman–Crippen MR) is 58.8 cm³/mol. The van der Waals surface area contributed by atoms with Gasteiger partial charge in [0.1, 0.15) is 5.82 Å². The van der Waals surface area contributed by atoms with Crippen molar-refractivity contribution < 1.29 is 0 Å². The van der Waals surface area contributed by atoms with E-state index in [9.17, 15) is 0 Å². The van der Waals surface area contributed by atoms with Crippen molar-refractivity contribution in [3.63, 3.8) is 0 Å². The van der Waals surface area contributed by atoms with Crippen molar-refractivity contribution in [2.24, 2.45) is 13.0 Å². The summed E-state index contributed by atoms with van der Waals surface area (Å²) in [7, 11) is 2.05. The summed E-state index contributed by atoms with van der Waals surface area (Å²) in [6.07, 6.45) is 11.4. The molecular weight excluding hydrogens is 172 g/mol. The Hall–Kier alpha value is -1.05. The molecule has 0 amide bonds. The standard InChI is InChI=1S/C12H18N2/c1-3-10-5-4-6-11(10)9-12-13-7-8-14(12)2/h7-10H,3-6H2,1-2H3/b11-9-. The molecule has 0 saturated heterocycles. The third-order valence-electron chi connectivity index (χ3n) is 3.21. The normalized spacial score (nSPS) is 24.7. The SMILES string of the molecule is CCC1CCC/C1=C/c1nccn1C. The van der Waals surface area contributed by atoms with Crippen LogP contribution in [-0.2, 0) is 7.05 Å². The van der Waals surface area contributed by atoms with Gasteiger partial charge >= 0.3 is 0 Å². The highest BCUT2D eigenvalue weighted by Crippen LogP contribution is 2.34. The molecule has 0 bridgehead atoms. The van der Waals surface area contributed by atoms with Gasteiger partial charge < -0.3 is 4.57 Å². The van der Waals surface area contributed by atoms with Gasteiger partial charge in [-0.15, -0.1) is 0 Å². The molecule has 14 heavy (non-hydrogen) atoms. The number of allylic oxidation sites excluding steroid dienone is 1. The molecule has 2 rings (SSSR count). The average Bonchev–Trinajstić information content (AvgIpc) is 2.77. The van der Waals surface area contributed by atoms with E-state index in [1.54, 1.807) is 5.57 Å². The van der Waals surface area contributed by atoms with E-state index in [4.69, 9.17) is 0 Å². The van der Waals surface area contributed by atoms with Crippen molar-refractivity contribution in [2.45, 2.75) is 32.6 Å². The summed E-state index contributed by atoms with van der Waals surface area (Å²) in [5.41, 5.74) is 1.60. The number of imidazole rings is 1. The van der Waals surface area contributed by atoms with Crippen LogP contribution in [0.25, 0.3) is 6.08 Å². The summed E-state index contributed by atoms with van der Waals surface area (Å²) >= 11 is 0. The molecular formula is C12H18N2.